The van der Waals surface area contributed by atoms with E-state index >= 15 is 0 Å². The predicted molar refractivity (Wildman–Crippen MR) is 113 cm³/mol. The first kappa shape index (κ1) is 20.4. The van der Waals surface area contributed by atoms with Crippen molar-refractivity contribution in [3.63, 3.8) is 0 Å². The number of aliphatic imine (C=N–C) groups is 1. The molecule has 3 amide bonds. The first-order chi connectivity index (χ1) is 14.5. The lowest BCUT2D eigenvalue weighted by Gasteiger charge is -2.40. The fourth-order valence-corrected chi connectivity index (χ4v) is 4.33. The van der Waals surface area contributed by atoms with Gasteiger partial charge in [-0.3, -0.25) is 14.6 Å². The number of imide groups is 1. The predicted octanol–water partition coefficient (Wildman–Crippen LogP) is 2.44. The zero-order valence-corrected chi connectivity index (χ0v) is 18.0. The van der Waals surface area contributed by atoms with Gasteiger partial charge in [-0.1, -0.05) is 30.3 Å². The minimum absolute atomic E-state index is 0.200. The summed E-state index contributed by atoms with van der Waals surface area (Å²) in [6.45, 7) is 8.45. The number of ether oxygens (including phenoxy) is 1. The van der Waals surface area contributed by atoms with Crippen LogP contribution in [0.1, 0.15) is 32.8 Å². The molecule has 3 aliphatic rings. The molecule has 3 heterocycles. The first-order valence-electron chi connectivity index (χ1n) is 10.5. The van der Waals surface area contributed by atoms with Gasteiger partial charge in [0, 0.05) is 38.2 Å². The number of hydrogen-bond acceptors (Lipinski definition) is 6. The fraction of sp³-hybridized carbons (Fsp3) is 0.500. The third-order valence-corrected chi connectivity index (χ3v) is 6.06. The molecule has 8 heteroatoms. The van der Waals surface area contributed by atoms with Gasteiger partial charge in [-0.15, -0.1) is 0 Å². The third-order valence-electron chi connectivity index (χ3n) is 6.06. The SMILES string of the molecule is CCOCCCN1C2=NC3C(C(=O)N(Cc4ccccc4)C(=O)N3C)N2C(C)=C1C. The maximum Gasteiger partial charge on any atom is 0.328 e. The van der Waals surface area contributed by atoms with E-state index in [-0.39, 0.29) is 18.5 Å². The van der Waals surface area contributed by atoms with Crippen molar-refractivity contribution in [2.75, 3.05) is 26.8 Å². The molecule has 0 aromatic heterocycles. The first-order valence-corrected chi connectivity index (χ1v) is 10.5. The van der Waals surface area contributed by atoms with Crippen molar-refractivity contribution in [3.05, 3.63) is 47.3 Å². The van der Waals surface area contributed by atoms with Crippen LogP contribution in [-0.4, -0.2) is 76.5 Å². The van der Waals surface area contributed by atoms with E-state index in [2.05, 4.69) is 11.8 Å². The lowest BCUT2D eigenvalue weighted by atomic mass is 10.1. The van der Waals surface area contributed by atoms with Gasteiger partial charge in [0.15, 0.2) is 12.2 Å². The molecule has 0 N–H and O–H groups in total. The summed E-state index contributed by atoms with van der Waals surface area (Å²) >= 11 is 0. The Morgan fingerprint density at radius 2 is 1.80 bits per heavy atom. The average molecular weight is 412 g/mol. The summed E-state index contributed by atoms with van der Waals surface area (Å²) in [7, 11) is 1.72. The highest BCUT2D eigenvalue weighted by atomic mass is 16.5. The van der Waals surface area contributed by atoms with Gasteiger partial charge < -0.3 is 14.5 Å². The van der Waals surface area contributed by atoms with Crippen molar-refractivity contribution in [1.82, 2.24) is 19.6 Å². The summed E-state index contributed by atoms with van der Waals surface area (Å²) in [4.78, 5) is 38.3. The van der Waals surface area contributed by atoms with Gasteiger partial charge in [0.25, 0.3) is 5.91 Å². The molecule has 0 radical (unpaired) electrons. The van der Waals surface area contributed by atoms with E-state index in [1.54, 1.807) is 11.9 Å². The molecule has 8 nitrogen and oxygen atoms in total. The van der Waals surface area contributed by atoms with Crippen LogP contribution in [0, 0.1) is 0 Å². The number of benzene rings is 1. The molecule has 0 saturated carbocycles. The average Bonchev–Trinajstić information content (AvgIpc) is 3.24. The number of nitrogens with zero attached hydrogens (tertiary/aromatic N) is 5. The van der Waals surface area contributed by atoms with Crippen LogP contribution in [0.25, 0.3) is 0 Å². The van der Waals surface area contributed by atoms with Crippen molar-refractivity contribution in [2.45, 2.75) is 45.9 Å². The molecule has 2 unspecified atom stereocenters. The van der Waals surface area contributed by atoms with E-state index in [0.29, 0.717) is 13.2 Å². The van der Waals surface area contributed by atoms with Crippen LogP contribution in [0.5, 0.6) is 0 Å². The van der Waals surface area contributed by atoms with E-state index < -0.39 is 12.2 Å². The zero-order chi connectivity index (χ0) is 21.4. The van der Waals surface area contributed by atoms with Crippen molar-refractivity contribution in [3.8, 4) is 0 Å². The summed E-state index contributed by atoms with van der Waals surface area (Å²) in [5, 5.41) is 0. The number of likely N-dealkylation sites (N-methyl/N-ethyl adjacent to an activating group) is 1. The van der Waals surface area contributed by atoms with E-state index in [4.69, 9.17) is 9.73 Å². The molecule has 1 fully saturated rings. The Hall–Kier alpha value is -2.87. The van der Waals surface area contributed by atoms with Crippen LogP contribution in [-0.2, 0) is 16.1 Å². The number of carbonyl (C=O) groups is 2. The Bertz CT molecular complexity index is 897. The van der Waals surface area contributed by atoms with Crippen molar-refractivity contribution < 1.29 is 14.3 Å². The van der Waals surface area contributed by atoms with E-state index in [9.17, 15) is 9.59 Å². The van der Waals surface area contributed by atoms with Crippen LogP contribution in [0.3, 0.4) is 0 Å². The number of amides is 3. The zero-order valence-electron chi connectivity index (χ0n) is 18.0. The van der Waals surface area contributed by atoms with Gasteiger partial charge in [-0.05, 0) is 32.8 Å². The van der Waals surface area contributed by atoms with Gasteiger partial charge in [-0.2, -0.15) is 0 Å². The third kappa shape index (κ3) is 3.25. The molecule has 160 valence electrons. The maximum absolute atomic E-state index is 13.5. The molecule has 3 aliphatic heterocycles. The Balaban J connectivity index is 1.58. The minimum atomic E-state index is -0.529. The normalized spacial score (nSPS) is 23.4. The number of rotatable bonds is 7. The maximum atomic E-state index is 13.5. The molecular formula is C22H29N5O3. The second kappa shape index (κ2) is 8.10. The standard InChI is InChI=1S/C22H29N5O3/c1-5-30-13-9-12-25-15(2)16(3)27-18-19(23-21(25)27)24(4)22(29)26(20(18)28)14-17-10-7-6-8-11-17/h6-8,10-11,18-19H,5,9,12-14H2,1-4H3. The van der Waals surface area contributed by atoms with E-state index in [1.807, 2.05) is 49.1 Å². The Labute approximate surface area is 177 Å². The molecule has 0 spiro atoms. The van der Waals surface area contributed by atoms with Gasteiger partial charge in [0.1, 0.15) is 0 Å². The molecular weight excluding hydrogens is 382 g/mol. The molecule has 1 aromatic rings. The molecule has 4 rings (SSSR count). The van der Waals surface area contributed by atoms with Gasteiger partial charge in [-0.25, -0.2) is 9.79 Å². The number of carbonyl (C=O) groups excluding carboxylic acids is 2. The summed E-state index contributed by atoms with van der Waals surface area (Å²) < 4.78 is 5.47. The number of urea groups is 1. The van der Waals surface area contributed by atoms with Gasteiger partial charge in [0.2, 0.25) is 5.96 Å². The minimum Gasteiger partial charge on any atom is -0.382 e. The largest absolute Gasteiger partial charge is 0.382 e. The van der Waals surface area contributed by atoms with E-state index in [0.717, 1.165) is 35.9 Å². The second-order valence-electron chi connectivity index (χ2n) is 7.83. The van der Waals surface area contributed by atoms with Crippen LogP contribution in [0.2, 0.25) is 0 Å². The summed E-state index contributed by atoms with van der Waals surface area (Å²) in [5.74, 6) is 0.556. The van der Waals surface area contributed by atoms with Crippen LogP contribution < -0.4 is 0 Å². The van der Waals surface area contributed by atoms with Crippen LogP contribution in [0.15, 0.2) is 46.7 Å². The van der Waals surface area contributed by atoms with Crippen LogP contribution >= 0.6 is 0 Å². The number of hydrogen-bond donors (Lipinski definition) is 0. The number of guanidine groups is 1. The van der Waals surface area contributed by atoms with Crippen molar-refractivity contribution in [1.29, 1.82) is 0 Å². The number of fused-ring (bicyclic) bond motifs is 3. The lowest BCUT2D eigenvalue weighted by molar-refractivity contribution is -0.137. The highest BCUT2D eigenvalue weighted by molar-refractivity contribution is 6.05. The summed E-state index contributed by atoms with van der Waals surface area (Å²) in [5.41, 5.74) is 3.02. The Morgan fingerprint density at radius 1 is 1.07 bits per heavy atom. The molecule has 1 aromatic carbocycles. The van der Waals surface area contributed by atoms with Crippen molar-refractivity contribution >= 4 is 17.9 Å². The molecule has 1 saturated heterocycles. The fourth-order valence-electron chi connectivity index (χ4n) is 4.33. The smallest absolute Gasteiger partial charge is 0.328 e. The highest BCUT2D eigenvalue weighted by Crippen LogP contribution is 2.38. The Kier molecular flexibility index (Phi) is 5.51. The highest BCUT2D eigenvalue weighted by Gasteiger charge is 2.55. The lowest BCUT2D eigenvalue weighted by Crippen LogP contribution is -2.64. The number of allylic oxidation sites excluding steroid dienone is 2. The van der Waals surface area contributed by atoms with Gasteiger partial charge >= 0.3 is 6.03 Å². The topological polar surface area (TPSA) is 68.7 Å². The van der Waals surface area contributed by atoms with Crippen molar-refractivity contribution in [2.24, 2.45) is 4.99 Å². The molecule has 2 atom stereocenters. The van der Waals surface area contributed by atoms with Gasteiger partial charge in [0.05, 0.1) is 6.54 Å². The summed E-state index contributed by atoms with van der Waals surface area (Å²) in [6, 6.07) is 8.76. The molecule has 30 heavy (non-hydrogen) atoms. The monoisotopic (exact) mass is 411 g/mol. The second-order valence-corrected chi connectivity index (χ2v) is 7.83. The summed E-state index contributed by atoms with van der Waals surface area (Å²) in [6.07, 6.45) is 0.355. The quantitative estimate of drug-likeness (QED) is 0.645. The molecule has 0 bridgehead atoms. The molecule has 0 aliphatic carbocycles. The Morgan fingerprint density at radius 3 is 2.50 bits per heavy atom. The van der Waals surface area contributed by atoms with E-state index in [1.165, 1.54) is 4.90 Å². The van der Waals surface area contributed by atoms with Crippen LogP contribution in [0.4, 0.5) is 4.79 Å².